The van der Waals surface area contributed by atoms with Crippen LogP contribution >= 0.6 is 22.9 Å². The molecule has 1 aromatic heterocycles. The van der Waals surface area contributed by atoms with E-state index in [0.717, 1.165) is 18.1 Å². The van der Waals surface area contributed by atoms with Gasteiger partial charge in [0.25, 0.3) is 0 Å². The Balaban J connectivity index is 1.78. The predicted octanol–water partition coefficient (Wildman–Crippen LogP) is 2.59. The number of nitrogens with one attached hydrogen (secondary N) is 1. The summed E-state index contributed by atoms with van der Waals surface area (Å²) in [5, 5.41) is 6.38. The predicted molar refractivity (Wildman–Crippen MR) is 66.7 cm³/mol. The summed E-state index contributed by atoms with van der Waals surface area (Å²) in [5.41, 5.74) is 0. The van der Waals surface area contributed by atoms with Crippen LogP contribution in [0, 0.1) is 0 Å². The maximum absolute atomic E-state index is 5.89. The van der Waals surface area contributed by atoms with Crippen LogP contribution in [0.1, 0.15) is 17.7 Å². The summed E-state index contributed by atoms with van der Waals surface area (Å²) < 4.78 is 0. The summed E-state index contributed by atoms with van der Waals surface area (Å²) in [6.45, 7) is 3.33. The number of likely N-dealkylation sites (N-methyl/N-ethyl adjacent to an activating group) is 1. The molecule has 2 rings (SSSR count). The maximum Gasteiger partial charge on any atom is 0.0516 e. The minimum Gasteiger partial charge on any atom is -0.313 e. The van der Waals surface area contributed by atoms with Gasteiger partial charge in [-0.25, -0.2) is 0 Å². The summed E-state index contributed by atoms with van der Waals surface area (Å²) in [4.78, 5) is 3.71. The first-order valence-corrected chi connectivity index (χ1v) is 6.64. The number of hydrogen-bond donors (Lipinski definition) is 1. The molecule has 0 saturated carbocycles. The molecule has 0 spiro atoms. The Labute approximate surface area is 100 Å². The maximum atomic E-state index is 5.89. The third-order valence-electron chi connectivity index (χ3n) is 2.74. The van der Waals surface area contributed by atoms with Crippen LogP contribution < -0.4 is 5.32 Å². The van der Waals surface area contributed by atoms with E-state index in [9.17, 15) is 0 Å². The highest BCUT2D eigenvalue weighted by molar-refractivity contribution is 7.10. The van der Waals surface area contributed by atoms with Crippen LogP contribution in [-0.4, -0.2) is 31.1 Å². The van der Waals surface area contributed by atoms with Gasteiger partial charge in [0, 0.05) is 29.4 Å². The fourth-order valence-electron chi connectivity index (χ4n) is 2.06. The van der Waals surface area contributed by atoms with E-state index >= 15 is 0 Å². The summed E-state index contributed by atoms with van der Waals surface area (Å²) >= 11 is 7.64. The van der Waals surface area contributed by atoms with Crippen molar-refractivity contribution in [1.82, 2.24) is 10.2 Å². The lowest BCUT2D eigenvalue weighted by Gasteiger charge is -2.20. The molecule has 0 amide bonds. The van der Waals surface area contributed by atoms with Crippen molar-refractivity contribution in [2.45, 2.75) is 25.4 Å². The molecule has 1 N–H and O–H groups in total. The van der Waals surface area contributed by atoms with Crippen LogP contribution in [0.4, 0.5) is 0 Å². The second-order valence-electron chi connectivity index (χ2n) is 4.22. The Morgan fingerprint density at radius 3 is 3.13 bits per heavy atom. The van der Waals surface area contributed by atoms with Crippen LogP contribution in [0.5, 0.6) is 0 Å². The summed E-state index contributed by atoms with van der Waals surface area (Å²) in [7, 11) is 2.17. The molecule has 1 aromatic rings. The minimum absolute atomic E-state index is 0.686. The first-order chi connectivity index (χ1) is 7.24. The third-order valence-corrected chi connectivity index (χ3v) is 4.01. The van der Waals surface area contributed by atoms with Crippen LogP contribution in [0.15, 0.2) is 11.4 Å². The fourth-order valence-corrected chi connectivity index (χ4v) is 3.21. The smallest absolute Gasteiger partial charge is 0.0516 e. The van der Waals surface area contributed by atoms with Crippen molar-refractivity contribution in [3.05, 3.63) is 21.3 Å². The molecule has 2 nitrogen and oxygen atoms in total. The number of nitrogens with zero attached hydrogens (tertiary/aromatic N) is 1. The average Bonchev–Trinajstić information content (AvgIpc) is 2.77. The quantitative estimate of drug-likeness (QED) is 0.876. The van der Waals surface area contributed by atoms with E-state index in [0.29, 0.717) is 6.04 Å². The number of thiophene rings is 1. The topological polar surface area (TPSA) is 15.3 Å². The van der Waals surface area contributed by atoms with Crippen LogP contribution in [-0.2, 0) is 6.54 Å². The van der Waals surface area contributed by atoms with E-state index in [-0.39, 0.29) is 0 Å². The zero-order chi connectivity index (χ0) is 10.7. The highest BCUT2D eigenvalue weighted by Gasteiger charge is 2.15. The van der Waals surface area contributed by atoms with Crippen molar-refractivity contribution in [2.75, 3.05) is 20.1 Å². The highest BCUT2D eigenvalue weighted by Crippen LogP contribution is 2.20. The lowest BCUT2D eigenvalue weighted by Crippen LogP contribution is -2.34. The van der Waals surface area contributed by atoms with Crippen molar-refractivity contribution in [2.24, 2.45) is 0 Å². The zero-order valence-corrected chi connectivity index (χ0v) is 10.6. The Bertz CT molecular complexity index is 307. The molecule has 0 aromatic carbocycles. The molecule has 1 saturated heterocycles. The summed E-state index contributed by atoms with van der Waals surface area (Å²) in [5.74, 6) is 0. The molecule has 0 bridgehead atoms. The largest absolute Gasteiger partial charge is 0.313 e. The molecule has 1 aliphatic heterocycles. The van der Waals surface area contributed by atoms with Gasteiger partial charge < -0.3 is 5.32 Å². The van der Waals surface area contributed by atoms with Crippen LogP contribution in [0.25, 0.3) is 0 Å². The standard InChI is InChI=1S/C11H17ClN2S/c1-14(6-10-3-2-4-13-10)7-11-5-9(12)8-15-11/h5,8,10,13H,2-4,6-7H2,1H3. The number of halogens is 1. The van der Waals surface area contributed by atoms with E-state index in [1.807, 2.05) is 5.38 Å². The van der Waals surface area contributed by atoms with Crippen LogP contribution in [0.3, 0.4) is 0 Å². The molecule has 4 heteroatoms. The average molecular weight is 245 g/mol. The third kappa shape index (κ3) is 3.45. The number of rotatable bonds is 4. The molecule has 0 radical (unpaired) electrons. The molecule has 1 unspecified atom stereocenters. The first kappa shape index (κ1) is 11.4. The van der Waals surface area contributed by atoms with Crippen molar-refractivity contribution in [3.8, 4) is 0 Å². The van der Waals surface area contributed by atoms with E-state index in [1.54, 1.807) is 11.3 Å². The molecule has 84 valence electrons. The Morgan fingerprint density at radius 2 is 2.53 bits per heavy atom. The molecule has 0 aliphatic carbocycles. The lowest BCUT2D eigenvalue weighted by molar-refractivity contribution is 0.295. The van der Waals surface area contributed by atoms with Crippen LogP contribution in [0.2, 0.25) is 5.02 Å². The van der Waals surface area contributed by atoms with E-state index in [1.165, 1.54) is 24.3 Å². The monoisotopic (exact) mass is 244 g/mol. The SMILES string of the molecule is CN(Cc1cc(Cl)cs1)CC1CCCN1. The summed E-state index contributed by atoms with van der Waals surface area (Å²) in [6, 6.07) is 2.75. The Kier molecular flexibility index (Phi) is 4.03. The van der Waals surface area contributed by atoms with Gasteiger partial charge in [-0.15, -0.1) is 11.3 Å². The fraction of sp³-hybridized carbons (Fsp3) is 0.636. The van der Waals surface area contributed by atoms with Crippen molar-refractivity contribution >= 4 is 22.9 Å². The van der Waals surface area contributed by atoms with Gasteiger partial charge in [0.1, 0.15) is 0 Å². The molecule has 1 atom stereocenters. The molecule has 2 heterocycles. The highest BCUT2D eigenvalue weighted by atomic mass is 35.5. The summed E-state index contributed by atoms with van der Waals surface area (Å²) in [6.07, 6.45) is 2.64. The van der Waals surface area contributed by atoms with Gasteiger partial charge in [0.15, 0.2) is 0 Å². The first-order valence-electron chi connectivity index (χ1n) is 5.39. The molecular formula is C11H17ClN2S. The van der Waals surface area contributed by atoms with Gasteiger partial charge in [-0.2, -0.15) is 0 Å². The van der Waals surface area contributed by atoms with Gasteiger partial charge in [-0.05, 0) is 32.5 Å². The minimum atomic E-state index is 0.686. The van der Waals surface area contributed by atoms with Gasteiger partial charge in [0.2, 0.25) is 0 Å². The second kappa shape index (κ2) is 5.30. The van der Waals surface area contributed by atoms with Crippen molar-refractivity contribution in [1.29, 1.82) is 0 Å². The van der Waals surface area contributed by atoms with E-state index in [2.05, 4.69) is 23.3 Å². The van der Waals surface area contributed by atoms with E-state index < -0.39 is 0 Å². The second-order valence-corrected chi connectivity index (χ2v) is 5.65. The van der Waals surface area contributed by atoms with Crippen molar-refractivity contribution < 1.29 is 0 Å². The van der Waals surface area contributed by atoms with Gasteiger partial charge in [-0.1, -0.05) is 11.6 Å². The number of hydrogen-bond acceptors (Lipinski definition) is 3. The lowest BCUT2D eigenvalue weighted by atomic mass is 10.2. The molecular weight excluding hydrogens is 228 g/mol. The Morgan fingerprint density at radius 1 is 1.67 bits per heavy atom. The van der Waals surface area contributed by atoms with Crippen molar-refractivity contribution in [3.63, 3.8) is 0 Å². The Hall–Kier alpha value is -0.0900. The molecule has 1 fully saturated rings. The van der Waals surface area contributed by atoms with Gasteiger partial charge in [-0.3, -0.25) is 4.90 Å². The van der Waals surface area contributed by atoms with Gasteiger partial charge >= 0.3 is 0 Å². The normalized spacial score (nSPS) is 21.4. The van der Waals surface area contributed by atoms with E-state index in [4.69, 9.17) is 11.6 Å². The molecule has 1 aliphatic rings. The van der Waals surface area contributed by atoms with Gasteiger partial charge in [0.05, 0.1) is 5.02 Å². The zero-order valence-electron chi connectivity index (χ0n) is 9.00. The molecule has 15 heavy (non-hydrogen) atoms.